The van der Waals surface area contributed by atoms with Crippen molar-refractivity contribution in [2.75, 3.05) is 70.5 Å². The fourth-order valence-electron chi connectivity index (χ4n) is 2.19. The molecule has 196 valence electrons. The Morgan fingerprint density at radius 2 is 0.853 bits per heavy atom. The number of nitrogens with one attached hydrogen (secondary N) is 1. The van der Waals surface area contributed by atoms with Crippen LogP contribution in [0.15, 0.2) is 28.3 Å². The molecule has 0 aliphatic carbocycles. The van der Waals surface area contributed by atoms with Crippen molar-refractivity contribution in [3.8, 4) is 0 Å². The summed E-state index contributed by atoms with van der Waals surface area (Å²) in [4.78, 5) is 9.31. The van der Waals surface area contributed by atoms with Crippen LogP contribution in [0.25, 0.3) is 0 Å². The van der Waals surface area contributed by atoms with Gasteiger partial charge in [0.2, 0.25) is 5.96 Å². The van der Waals surface area contributed by atoms with Crippen molar-refractivity contribution >= 4 is 44.2 Å². The second-order valence-corrected chi connectivity index (χ2v) is 13.0. The van der Waals surface area contributed by atoms with Crippen LogP contribution in [-0.4, -0.2) is 124 Å². The number of amidine groups is 3. The smallest absolute Gasteiger partial charge is 0.311 e. The van der Waals surface area contributed by atoms with Crippen LogP contribution in [0.1, 0.15) is 34.6 Å². The minimum absolute atomic E-state index is 0.583. The predicted octanol–water partition coefficient (Wildman–Crippen LogP) is 4.36. The van der Waals surface area contributed by atoms with E-state index in [1.165, 1.54) is 0 Å². The molecule has 0 radical (unpaired) electrons. The molecule has 0 aliphatic rings. The van der Waals surface area contributed by atoms with Crippen molar-refractivity contribution in [1.82, 2.24) is 24.5 Å². The van der Waals surface area contributed by atoms with Crippen molar-refractivity contribution in [3.63, 3.8) is 0 Å². The topological polar surface area (TPSA) is 114 Å². The molecule has 0 saturated heterocycles. The maximum atomic E-state index is 9.45. The van der Waals surface area contributed by atoms with Crippen molar-refractivity contribution in [3.05, 3.63) is 0 Å². The van der Waals surface area contributed by atoms with Crippen LogP contribution in [-0.2, 0) is 0 Å². The molecular formula is C20H46N12P2. The lowest BCUT2D eigenvalue weighted by atomic mass is 10.5. The van der Waals surface area contributed by atoms with E-state index in [1.807, 2.05) is 130 Å². The van der Waals surface area contributed by atoms with Gasteiger partial charge in [0.05, 0.1) is 0 Å². The molecule has 0 rings (SSSR count). The average Bonchev–Trinajstić information content (AvgIpc) is 2.64. The zero-order chi connectivity index (χ0) is 27.0. The van der Waals surface area contributed by atoms with Gasteiger partial charge in [-0.1, -0.05) is 0 Å². The third-order valence-corrected chi connectivity index (χ3v) is 9.16. The molecule has 1 atom stereocenters. The van der Waals surface area contributed by atoms with Crippen molar-refractivity contribution < 1.29 is 0 Å². The molecule has 1 unspecified atom stereocenters. The van der Waals surface area contributed by atoms with Crippen LogP contribution in [0.4, 0.5) is 0 Å². The van der Waals surface area contributed by atoms with E-state index in [9.17, 15) is 5.16 Å². The Labute approximate surface area is 207 Å². The van der Waals surface area contributed by atoms with Crippen LogP contribution in [0, 0.1) is 5.16 Å². The molecular weight excluding hydrogens is 470 g/mol. The highest BCUT2D eigenvalue weighted by Crippen LogP contribution is 2.67. The van der Waals surface area contributed by atoms with Crippen molar-refractivity contribution in [1.29, 1.82) is 5.16 Å². The Morgan fingerprint density at radius 1 is 0.500 bits per heavy atom. The van der Waals surface area contributed by atoms with Crippen LogP contribution < -0.4 is 0 Å². The molecule has 0 heterocycles. The lowest BCUT2D eigenvalue weighted by Gasteiger charge is -2.26. The zero-order valence-corrected chi connectivity index (χ0v) is 25.6. The molecule has 12 nitrogen and oxygen atoms in total. The van der Waals surface area contributed by atoms with Crippen LogP contribution in [0.3, 0.4) is 0 Å². The largest absolute Gasteiger partial charge is 0.366 e. The molecule has 0 saturated carbocycles. The second-order valence-electron chi connectivity index (χ2n) is 9.06. The zero-order valence-electron chi connectivity index (χ0n) is 23.8. The van der Waals surface area contributed by atoms with Gasteiger partial charge in [-0.3, -0.25) is 5.16 Å². The quantitative estimate of drug-likeness (QED) is 0.320. The minimum atomic E-state index is -3.48. The summed E-state index contributed by atoms with van der Waals surface area (Å²) in [5, 5.41) is 9.45. The minimum Gasteiger partial charge on any atom is -0.366 e. The molecule has 0 fully saturated rings. The third kappa shape index (κ3) is 10.4. The van der Waals surface area contributed by atoms with Gasteiger partial charge in [-0.15, -0.1) is 0 Å². The molecule has 1 N–H and O–H groups in total. The summed E-state index contributed by atoms with van der Waals surface area (Å²) < 4.78 is 29.2. The van der Waals surface area contributed by atoms with E-state index in [4.69, 9.17) is 28.3 Å². The first kappa shape index (κ1) is 31.8. The Balaban J connectivity index is 7.96. The van der Waals surface area contributed by atoms with Crippen LogP contribution in [0.5, 0.6) is 0 Å². The molecule has 34 heavy (non-hydrogen) atoms. The summed E-state index contributed by atoms with van der Waals surface area (Å²) in [7, 11) is 12.2. The van der Waals surface area contributed by atoms with Crippen molar-refractivity contribution in [2.24, 2.45) is 28.3 Å². The van der Waals surface area contributed by atoms with E-state index in [0.29, 0.717) is 23.5 Å². The van der Waals surface area contributed by atoms with Gasteiger partial charge in [-0.25, -0.2) is 4.76 Å². The lowest BCUT2D eigenvalue weighted by molar-refractivity contribution is 0.486. The molecule has 0 aliphatic heterocycles. The van der Waals surface area contributed by atoms with Crippen LogP contribution in [0.2, 0.25) is 0 Å². The molecule has 0 bridgehead atoms. The van der Waals surface area contributed by atoms with Gasteiger partial charge in [-0.05, 0) is 34.6 Å². The fourth-order valence-corrected chi connectivity index (χ4v) is 7.37. The first-order valence-electron chi connectivity index (χ1n) is 10.8. The summed E-state index contributed by atoms with van der Waals surface area (Å²) in [5.41, 5.74) is 0.770. The highest BCUT2D eigenvalue weighted by Gasteiger charge is 2.28. The molecule has 14 heteroatoms. The lowest BCUT2D eigenvalue weighted by Crippen LogP contribution is -2.35. The summed E-state index contributed by atoms with van der Waals surface area (Å²) in [6, 6.07) is 0. The van der Waals surface area contributed by atoms with Crippen LogP contribution >= 0.6 is 15.0 Å². The summed E-state index contributed by atoms with van der Waals surface area (Å²) in [5.74, 6) is 2.65. The molecule has 0 aromatic heterocycles. The fraction of sp³-hybridized carbons (Fsp3) is 0.750. The van der Waals surface area contributed by atoms with Gasteiger partial charge < -0.3 is 24.5 Å². The van der Waals surface area contributed by atoms with Gasteiger partial charge in [-0.2, -0.15) is 23.6 Å². The first-order valence-corrected chi connectivity index (χ1v) is 14.1. The number of rotatable bonds is 6. The molecule has 0 amide bonds. The van der Waals surface area contributed by atoms with E-state index >= 15 is 0 Å². The molecule has 0 aromatic carbocycles. The third-order valence-electron chi connectivity index (χ3n) is 4.39. The Kier molecular flexibility index (Phi) is 12.2. The maximum Gasteiger partial charge on any atom is 0.311 e. The van der Waals surface area contributed by atoms with E-state index in [2.05, 4.69) is 0 Å². The van der Waals surface area contributed by atoms with Gasteiger partial charge in [0, 0.05) is 76.2 Å². The van der Waals surface area contributed by atoms with E-state index in [-0.39, 0.29) is 0 Å². The Hall–Kier alpha value is -2.19. The summed E-state index contributed by atoms with van der Waals surface area (Å²) in [6.45, 7) is 9.39. The van der Waals surface area contributed by atoms with E-state index in [0.717, 1.165) is 5.71 Å². The van der Waals surface area contributed by atoms with Gasteiger partial charge in [0.15, 0.2) is 0 Å². The van der Waals surface area contributed by atoms with Gasteiger partial charge in [0.1, 0.15) is 17.5 Å². The van der Waals surface area contributed by atoms with E-state index in [1.54, 1.807) is 0 Å². The summed E-state index contributed by atoms with van der Waals surface area (Å²) in [6.07, 6.45) is 0. The highest BCUT2D eigenvalue weighted by atomic mass is 31.2. The van der Waals surface area contributed by atoms with Gasteiger partial charge >= 0.3 is 15.0 Å². The Bertz CT molecular complexity index is 911. The highest BCUT2D eigenvalue weighted by molar-refractivity contribution is 7.73. The van der Waals surface area contributed by atoms with E-state index < -0.39 is 15.0 Å². The normalized spacial score (nSPS) is 16.0. The summed E-state index contributed by atoms with van der Waals surface area (Å²) >= 11 is 0. The molecule has 0 aromatic rings. The Morgan fingerprint density at radius 3 is 1.15 bits per heavy atom. The number of hydrogen-bond donors (Lipinski definition) is 1. The second kappa shape index (κ2) is 13.0. The SMILES string of the molecule is CC(C)=NP(N=C(C)N(C)C)(N=C(C)N(C)C)=NP(=N)(N=C(C)N(C)C)N=C(N(C)C)N(C)C. The average molecular weight is 517 g/mol. The molecule has 0 spiro atoms. The van der Waals surface area contributed by atoms with Gasteiger partial charge in [0.25, 0.3) is 0 Å². The first-order chi connectivity index (χ1) is 15.3. The predicted molar refractivity (Wildman–Crippen MR) is 153 cm³/mol. The number of guanidine groups is 1. The maximum absolute atomic E-state index is 9.45. The number of hydrogen-bond acceptors (Lipinski definition) is 1. The number of nitrogens with zero attached hydrogens (tertiary/aromatic N) is 11. The monoisotopic (exact) mass is 516 g/mol. The van der Waals surface area contributed by atoms with Crippen molar-refractivity contribution in [2.45, 2.75) is 34.6 Å². The standard InChI is InChI=1S/C20H46N12P2/c1-16(2)22-34(24-18(4)29(8)9,25-19(5)30(10)11)27-33(21,23-17(3)28(6)7)26-20(31(12)13)32(14)15/h21H,1-15H3.